The van der Waals surface area contributed by atoms with Gasteiger partial charge in [0.1, 0.15) is 5.69 Å². The summed E-state index contributed by atoms with van der Waals surface area (Å²) in [5.74, 6) is -1.74. The number of carbonyl (C=O) groups is 2. The van der Waals surface area contributed by atoms with Gasteiger partial charge in [0.25, 0.3) is 5.91 Å². The maximum atomic E-state index is 11.8. The zero-order valence-electron chi connectivity index (χ0n) is 9.94. The van der Waals surface area contributed by atoms with E-state index in [4.69, 9.17) is 9.84 Å². The number of ether oxygens (including phenoxy) is 1. The molecule has 0 aliphatic heterocycles. The maximum absolute atomic E-state index is 11.8. The average Bonchev–Trinajstić information content (AvgIpc) is 2.29. The molecule has 0 radical (unpaired) electrons. The highest BCUT2D eigenvalue weighted by Crippen LogP contribution is 2.10. The van der Waals surface area contributed by atoms with Gasteiger partial charge in [0.15, 0.2) is 5.54 Å². The lowest BCUT2D eigenvalue weighted by molar-refractivity contribution is -0.145. The van der Waals surface area contributed by atoms with Crippen LogP contribution >= 0.6 is 15.9 Å². The Morgan fingerprint density at radius 1 is 1.56 bits per heavy atom. The van der Waals surface area contributed by atoms with E-state index in [1.54, 1.807) is 6.07 Å². The van der Waals surface area contributed by atoms with E-state index in [2.05, 4.69) is 26.2 Å². The summed E-state index contributed by atoms with van der Waals surface area (Å²) in [7, 11) is 1.37. The molecule has 0 aromatic carbocycles. The molecule has 1 aromatic heterocycles. The van der Waals surface area contributed by atoms with Crippen molar-refractivity contribution in [2.24, 2.45) is 0 Å². The number of nitrogens with zero attached hydrogens (tertiary/aromatic N) is 1. The number of hydrogen-bond donors (Lipinski definition) is 2. The number of aromatic nitrogens is 1. The van der Waals surface area contributed by atoms with Crippen LogP contribution in [0, 0.1) is 0 Å². The van der Waals surface area contributed by atoms with Crippen molar-refractivity contribution >= 4 is 27.8 Å². The van der Waals surface area contributed by atoms with E-state index in [1.807, 2.05) is 0 Å². The molecule has 2 N–H and O–H groups in total. The second kappa shape index (κ2) is 5.92. The fourth-order valence-corrected chi connectivity index (χ4v) is 1.50. The molecule has 0 spiro atoms. The minimum atomic E-state index is -1.49. The number of nitrogens with one attached hydrogen (secondary N) is 1. The van der Waals surface area contributed by atoms with Crippen LogP contribution in [-0.2, 0) is 9.53 Å². The number of hydrogen-bond acceptors (Lipinski definition) is 4. The molecule has 0 aliphatic rings. The van der Waals surface area contributed by atoms with Crippen LogP contribution in [0.15, 0.2) is 22.8 Å². The van der Waals surface area contributed by atoms with Gasteiger partial charge in [-0.15, -0.1) is 0 Å². The summed E-state index contributed by atoms with van der Waals surface area (Å²) in [6, 6.07) is 3.14. The third-order valence-corrected chi connectivity index (χ3v) is 2.72. The first-order chi connectivity index (χ1) is 8.39. The van der Waals surface area contributed by atoms with E-state index < -0.39 is 17.4 Å². The third-order valence-electron chi connectivity index (χ3n) is 2.25. The van der Waals surface area contributed by atoms with Crippen LogP contribution in [0.2, 0.25) is 0 Å². The van der Waals surface area contributed by atoms with E-state index in [0.717, 1.165) is 4.47 Å². The molecule has 1 amide bonds. The van der Waals surface area contributed by atoms with E-state index in [-0.39, 0.29) is 12.3 Å². The van der Waals surface area contributed by atoms with Gasteiger partial charge in [-0.1, -0.05) is 0 Å². The number of carbonyl (C=O) groups excluding carboxylic acids is 1. The molecule has 0 fully saturated rings. The number of pyridine rings is 1. The topological polar surface area (TPSA) is 88.5 Å². The molecular formula is C11H13BrN2O4. The van der Waals surface area contributed by atoms with Gasteiger partial charge in [0, 0.05) is 17.8 Å². The highest BCUT2D eigenvalue weighted by molar-refractivity contribution is 9.10. The molecular weight excluding hydrogens is 304 g/mol. The van der Waals surface area contributed by atoms with Crippen molar-refractivity contribution < 1.29 is 19.4 Å². The normalized spacial score (nSPS) is 13.7. The van der Waals surface area contributed by atoms with Crippen LogP contribution in [0.3, 0.4) is 0 Å². The van der Waals surface area contributed by atoms with Crippen molar-refractivity contribution in [2.75, 3.05) is 13.7 Å². The zero-order chi connectivity index (χ0) is 13.8. The zero-order valence-corrected chi connectivity index (χ0v) is 11.5. The largest absolute Gasteiger partial charge is 0.479 e. The first-order valence-corrected chi connectivity index (χ1v) is 5.85. The Hall–Kier alpha value is -1.47. The van der Waals surface area contributed by atoms with Crippen molar-refractivity contribution in [1.29, 1.82) is 0 Å². The number of aliphatic carboxylic acids is 1. The molecule has 0 saturated carbocycles. The Balaban J connectivity index is 2.85. The van der Waals surface area contributed by atoms with E-state index in [9.17, 15) is 9.59 Å². The van der Waals surface area contributed by atoms with Gasteiger partial charge in [-0.2, -0.15) is 0 Å². The molecule has 0 saturated heterocycles. The summed E-state index contributed by atoms with van der Waals surface area (Å²) < 4.78 is 5.53. The minimum Gasteiger partial charge on any atom is -0.479 e. The van der Waals surface area contributed by atoms with Gasteiger partial charge >= 0.3 is 5.97 Å². The molecule has 1 atom stereocenters. The van der Waals surface area contributed by atoms with Gasteiger partial charge < -0.3 is 15.2 Å². The smallest absolute Gasteiger partial charge is 0.331 e. The Morgan fingerprint density at radius 2 is 2.22 bits per heavy atom. The number of halogens is 1. The predicted octanol–water partition coefficient (Wildman–Crippen LogP) is 1.06. The SMILES string of the molecule is COCC(C)(NC(=O)c1ccc(Br)cn1)C(=O)O. The van der Waals surface area contributed by atoms with Crippen LogP contribution in [0.5, 0.6) is 0 Å². The van der Waals surface area contributed by atoms with Gasteiger partial charge in [0.05, 0.1) is 6.61 Å². The average molecular weight is 317 g/mol. The van der Waals surface area contributed by atoms with E-state index in [1.165, 1.54) is 26.3 Å². The molecule has 1 rings (SSSR count). The Morgan fingerprint density at radius 3 is 2.67 bits per heavy atom. The molecule has 1 unspecified atom stereocenters. The van der Waals surface area contributed by atoms with Gasteiger partial charge in [-0.05, 0) is 35.0 Å². The number of amides is 1. The van der Waals surface area contributed by atoms with E-state index >= 15 is 0 Å². The predicted molar refractivity (Wildman–Crippen MR) is 67.3 cm³/mol. The summed E-state index contributed by atoms with van der Waals surface area (Å²) in [4.78, 5) is 26.8. The lowest BCUT2D eigenvalue weighted by Crippen LogP contribution is -2.55. The standard InChI is InChI=1S/C11H13BrN2O4/c1-11(6-18-2,10(16)17)14-9(15)8-4-3-7(12)5-13-8/h3-5H,6H2,1-2H3,(H,14,15)(H,16,17). The molecule has 7 heteroatoms. The Labute approximate surface area is 112 Å². The highest BCUT2D eigenvalue weighted by Gasteiger charge is 2.35. The van der Waals surface area contributed by atoms with Crippen LogP contribution in [0.4, 0.5) is 0 Å². The molecule has 1 heterocycles. The molecule has 1 aromatic rings. The number of rotatable bonds is 5. The number of methoxy groups -OCH3 is 1. The second-order valence-electron chi connectivity index (χ2n) is 3.89. The first-order valence-electron chi connectivity index (χ1n) is 5.05. The maximum Gasteiger partial charge on any atom is 0.331 e. The monoisotopic (exact) mass is 316 g/mol. The van der Waals surface area contributed by atoms with Crippen molar-refractivity contribution in [3.63, 3.8) is 0 Å². The summed E-state index contributed by atoms with van der Waals surface area (Å²) in [6.45, 7) is 1.24. The second-order valence-corrected chi connectivity index (χ2v) is 4.80. The lowest BCUT2D eigenvalue weighted by Gasteiger charge is -2.24. The van der Waals surface area contributed by atoms with Gasteiger partial charge in [-0.3, -0.25) is 4.79 Å². The summed E-state index contributed by atoms with van der Waals surface area (Å²) in [5, 5.41) is 11.5. The quantitative estimate of drug-likeness (QED) is 0.848. The highest BCUT2D eigenvalue weighted by atomic mass is 79.9. The molecule has 98 valence electrons. The number of carboxylic acids is 1. The van der Waals surface area contributed by atoms with Crippen molar-refractivity contribution in [3.8, 4) is 0 Å². The molecule has 0 aliphatic carbocycles. The van der Waals surface area contributed by atoms with Crippen LogP contribution < -0.4 is 5.32 Å². The summed E-state index contributed by atoms with van der Waals surface area (Å²) in [5.41, 5.74) is -1.34. The number of carboxylic acid groups (broad SMARTS) is 1. The first kappa shape index (κ1) is 14.6. The molecule has 6 nitrogen and oxygen atoms in total. The Bertz CT molecular complexity index is 449. The van der Waals surface area contributed by atoms with Crippen molar-refractivity contribution in [1.82, 2.24) is 10.3 Å². The molecule has 0 bridgehead atoms. The molecule has 18 heavy (non-hydrogen) atoms. The van der Waals surface area contributed by atoms with Crippen LogP contribution in [-0.4, -0.2) is 41.2 Å². The van der Waals surface area contributed by atoms with Crippen molar-refractivity contribution in [2.45, 2.75) is 12.5 Å². The summed E-state index contributed by atoms with van der Waals surface area (Å²) >= 11 is 3.20. The fraction of sp³-hybridized carbons (Fsp3) is 0.364. The lowest BCUT2D eigenvalue weighted by atomic mass is 10.0. The van der Waals surface area contributed by atoms with E-state index in [0.29, 0.717) is 0 Å². The van der Waals surface area contributed by atoms with Gasteiger partial charge in [-0.25, -0.2) is 9.78 Å². The minimum absolute atomic E-state index is 0.134. The third kappa shape index (κ3) is 3.51. The van der Waals surface area contributed by atoms with Crippen LogP contribution in [0.25, 0.3) is 0 Å². The van der Waals surface area contributed by atoms with Crippen molar-refractivity contribution in [3.05, 3.63) is 28.5 Å². The fourth-order valence-electron chi connectivity index (χ4n) is 1.26. The van der Waals surface area contributed by atoms with Gasteiger partial charge in [0.2, 0.25) is 0 Å². The summed E-state index contributed by atoms with van der Waals surface area (Å²) in [6.07, 6.45) is 1.46. The van der Waals surface area contributed by atoms with Crippen LogP contribution in [0.1, 0.15) is 17.4 Å². The Kier molecular flexibility index (Phi) is 4.80.